The third kappa shape index (κ3) is 4.65. The summed E-state index contributed by atoms with van der Waals surface area (Å²) < 4.78 is 43.3. The number of imidazole rings is 1. The molecule has 4 rings (SSSR count). The molecule has 182 valence electrons. The number of halogens is 3. The first-order valence-corrected chi connectivity index (χ1v) is 10.5. The zero-order valence-corrected chi connectivity index (χ0v) is 18.7. The minimum atomic E-state index is -4.76. The molecule has 3 aromatic heterocycles. The summed E-state index contributed by atoms with van der Waals surface area (Å²) in [5, 5.41) is 9.22. The Morgan fingerprint density at radius 3 is 2.63 bits per heavy atom. The molecule has 1 aromatic carbocycles. The second kappa shape index (κ2) is 9.08. The Morgan fingerprint density at radius 2 is 1.97 bits per heavy atom. The highest BCUT2D eigenvalue weighted by molar-refractivity contribution is 5.96. The Morgan fingerprint density at radius 1 is 1.20 bits per heavy atom. The molecule has 10 nitrogen and oxygen atoms in total. The third-order valence-corrected chi connectivity index (χ3v) is 5.27. The van der Waals surface area contributed by atoms with Crippen LogP contribution in [0.25, 0.3) is 16.9 Å². The monoisotopic (exact) mass is 486 g/mol. The minimum absolute atomic E-state index is 0.109. The van der Waals surface area contributed by atoms with E-state index in [0.717, 1.165) is 16.4 Å². The van der Waals surface area contributed by atoms with Gasteiger partial charge < -0.3 is 16.4 Å². The molecule has 35 heavy (non-hydrogen) atoms. The molecular formula is C22H21F3N8O2. The SMILES string of the molecule is CCc1cc(Nc2nccn3c(-c4cn(CC(N)=O)nc4C(F)(F)F)cnc23)ccc1C(=O)NC. The second-order valence-electron chi connectivity index (χ2n) is 7.60. The molecule has 3 heterocycles. The average molecular weight is 486 g/mol. The Labute approximate surface area is 197 Å². The number of aryl methyl sites for hydroxylation is 1. The molecule has 0 unspecified atom stereocenters. The Hall–Kier alpha value is -4.42. The van der Waals surface area contributed by atoms with Crippen LogP contribution in [-0.2, 0) is 23.9 Å². The van der Waals surface area contributed by atoms with Crippen molar-refractivity contribution in [2.75, 3.05) is 12.4 Å². The predicted molar refractivity (Wildman–Crippen MR) is 121 cm³/mol. The van der Waals surface area contributed by atoms with E-state index in [1.165, 1.54) is 23.0 Å². The van der Waals surface area contributed by atoms with Gasteiger partial charge in [0, 0.05) is 36.9 Å². The molecule has 0 atom stereocenters. The van der Waals surface area contributed by atoms with E-state index in [4.69, 9.17) is 5.73 Å². The Kier molecular flexibility index (Phi) is 6.16. The lowest BCUT2D eigenvalue weighted by Gasteiger charge is -2.12. The number of aromatic nitrogens is 5. The molecule has 4 N–H and O–H groups in total. The lowest BCUT2D eigenvalue weighted by molar-refractivity contribution is -0.141. The normalized spacial score (nSPS) is 11.6. The largest absolute Gasteiger partial charge is 0.435 e. The number of fused-ring (bicyclic) bond motifs is 1. The van der Waals surface area contributed by atoms with E-state index in [1.54, 1.807) is 25.2 Å². The lowest BCUT2D eigenvalue weighted by atomic mass is 10.0. The first-order valence-electron chi connectivity index (χ1n) is 10.5. The van der Waals surface area contributed by atoms with Crippen LogP contribution in [0, 0.1) is 0 Å². The third-order valence-electron chi connectivity index (χ3n) is 5.27. The zero-order valence-electron chi connectivity index (χ0n) is 18.7. The lowest BCUT2D eigenvalue weighted by Crippen LogP contribution is -2.19. The zero-order chi connectivity index (χ0) is 25.3. The number of carbonyl (C=O) groups is 2. The number of nitrogens with one attached hydrogen (secondary N) is 2. The van der Waals surface area contributed by atoms with Gasteiger partial charge in [0.25, 0.3) is 5.91 Å². The number of nitrogens with two attached hydrogens (primary N) is 1. The summed E-state index contributed by atoms with van der Waals surface area (Å²) in [7, 11) is 1.55. The van der Waals surface area contributed by atoms with Crippen LogP contribution in [0.1, 0.15) is 28.5 Å². The van der Waals surface area contributed by atoms with Crippen LogP contribution in [-0.4, -0.2) is 43.0 Å². The molecule has 2 amide bonds. The van der Waals surface area contributed by atoms with Crippen LogP contribution in [0.2, 0.25) is 0 Å². The summed E-state index contributed by atoms with van der Waals surface area (Å²) in [5.41, 5.74) is 6.05. The first kappa shape index (κ1) is 23.7. The van der Waals surface area contributed by atoms with Crippen molar-refractivity contribution in [1.29, 1.82) is 0 Å². The van der Waals surface area contributed by atoms with E-state index < -0.39 is 24.3 Å². The van der Waals surface area contributed by atoms with E-state index in [0.29, 0.717) is 23.5 Å². The van der Waals surface area contributed by atoms with Crippen molar-refractivity contribution in [2.24, 2.45) is 5.73 Å². The molecular weight excluding hydrogens is 465 g/mol. The van der Waals surface area contributed by atoms with Crippen molar-refractivity contribution in [1.82, 2.24) is 29.5 Å². The van der Waals surface area contributed by atoms with E-state index in [2.05, 4.69) is 25.7 Å². The van der Waals surface area contributed by atoms with Gasteiger partial charge in [0.05, 0.1) is 17.5 Å². The van der Waals surface area contributed by atoms with Gasteiger partial charge in [-0.15, -0.1) is 0 Å². The van der Waals surface area contributed by atoms with Crippen LogP contribution in [0.4, 0.5) is 24.7 Å². The quantitative estimate of drug-likeness (QED) is 0.368. The second-order valence-corrected chi connectivity index (χ2v) is 7.60. The number of carbonyl (C=O) groups excluding carboxylic acids is 2. The molecule has 0 spiro atoms. The van der Waals surface area contributed by atoms with Crippen LogP contribution in [0.3, 0.4) is 0 Å². The van der Waals surface area contributed by atoms with E-state index in [1.807, 2.05) is 6.92 Å². The maximum Gasteiger partial charge on any atom is 0.435 e. The van der Waals surface area contributed by atoms with Crippen molar-refractivity contribution in [3.63, 3.8) is 0 Å². The van der Waals surface area contributed by atoms with Crippen LogP contribution in [0.15, 0.2) is 43.0 Å². The highest BCUT2D eigenvalue weighted by atomic mass is 19.4. The van der Waals surface area contributed by atoms with Crippen molar-refractivity contribution in [3.8, 4) is 11.3 Å². The van der Waals surface area contributed by atoms with Gasteiger partial charge >= 0.3 is 6.18 Å². The summed E-state index contributed by atoms with van der Waals surface area (Å²) in [6.45, 7) is 1.42. The molecule has 0 radical (unpaired) electrons. The van der Waals surface area contributed by atoms with Gasteiger partial charge in [-0.2, -0.15) is 18.3 Å². The Balaban J connectivity index is 1.76. The highest BCUT2D eigenvalue weighted by Crippen LogP contribution is 2.37. The molecule has 13 heteroatoms. The van der Waals surface area contributed by atoms with E-state index in [-0.39, 0.29) is 22.8 Å². The minimum Gasteiger partial charge on any atom is -0.368 e. The fourth-order valence-corrected chi connectivity index (χ4v) is 3.72. The Bertz CT molecular complexity index is 1420. The fourth-order valence-electron chi connectivity index (χ4n) is 3.72. The number of hydrogen-bond donors (Lipinski definition) is 3. The van der Waals surface area contributed by atoms with Gasteiger partial charge in [0.15, 0.2) is 17.2 Å². The summed E-state index contributed by atoms with van der Waals surface area (Å²) in [6.07, 6.45) is 1.12. The van der Waals surface area contributed by atoms with E-state index >= 15 is 0 Å². The van der Waals surface area contributed by atoms with Crippen LogP contribution >= 0.6 is 0 Å². The number of hydrogen-bond acceptors (Lipinski definition) is 6. The topological polar surface area (TPSA) is 132 Å². The summed E-state index contributed by atoms with van der Waals surface area (Å²) in [4.78, 5) is 31.8. The number of benzene rings is 1. The molecule has 0 aliphatic carbocycles. The fraction of sp³-hybridized carbons (Fsp3) is 0.227. The predicted octanol–water partition coefficient (Wildman–Crippen LogP) is 2.76. The molecule has 0 aliphatic rings. The number of nitrogens with zero attached hydrogens (tertiary/aromatic N) is 5. The summed E-state index contributed by atoms with van der Waals surface area (Å²) in [6, 6.07) is 5.18. The standard InChI is InChI=1S/C22H21F3N8O2/c1-3-12-8-13(4-5-14(12)21(35)27-2)30-19-20-29-9-16(33(20)7-6-28-19)15-10-32(11-17(26)34)31-18(15)22(23,24)25/h4-10H,3,11H2,1-2H3,(H2,26,34)(H,27,35)(H,28,30). The first-order chi connectivity index (χ1) is 16.6. The number of rotatable bonds is 7. The highest BCUT2D eigenvalue weighted by Gasteiger charge is 2.38. The van der Waals surface area contributed by atoms with Crippen LogP contribution < -0.4 is 16.4 Å². The van der Waals surface area contributed by atoms with Crippen molar-refractivity contribution < 1.29 is 22.8 Å². The number of alkyl halides is 3. The number of primary amides is 1. The van der Waals surface area contributed by atoms with Crippen molar-refractivity contribution in [2.45, 2.75) is 26.1 Å². The molecule has 0 bridgehead atoms. The molecule has 0 saturated heterocycles. The molecule has 0 fully saturated rings. The van der Waals surface area contributed by atoms with Gasteiger partial charge in [-0.1, -0.05) is 6.92 Å². The summed E-state index contributed by atoms with van der Waals surface area (Å²) >= 11 is 0. The van der Waals surface area contributed by atoms with Gasteiger partial charge in [-0.05, 0) is 30.2 Å². The average Bonchev–Trinajstić information content (AvgIpc) is 3.42. The van der Waals surface area contributed by atoms with E-state index in [9.17, 15) is 22.8 Å². The summed E-state index contributed by atoms with van der Waals surface area (Å²) in [5.74, 6) is -0.731. The smallest absolute Gasteiger partial charge is 0.368 e. The maximum atomic E-state index is 13.7. The van der Waals surface area contributed by atoms with Gasteiger partial charge in [0.2, 0.25) is 5.91 Å². The van der Waals surface area contributed by atoms with Crippen molar-refractivity contribution in [3.05, 3.63) is 59.8 Å². The molecule has 0 saturated carbocycles. The number of anilines is 2. The van der Waals surface area contributed by atoms with Gasteiger partial charge in [0.1, 0.15) is 6.54 Å². The van der Waals surface area contributed by atoms with Crippen LogP contribution in [0.5, 0.6) is 0 Å². The number of amides is 2. The van der Waals surface area contributed by atoms with Gasteiger partial charge in [-0.25, -0.2) is 9.97 Å². The maximum absolute atomic E-state index is 13.7. The molecule has 4 aromatic rings. The van der Waals surface area contributed by atoms with Gasteiger partial charge in [-0.3, -0.25) is 18.7 Å². The molecule has 0 aliphatic heterocycles. The van der Waals surface area contributed by atoms with Crippen molar-refractivity contribution >= 4 is 29.0 Å².